The number of rotatable bonds is 5. The largest absolute Gasteiger partial charge is 0.459 e. The van der Waals surface area contributed by atoms with Crippen LogP contribution in [-0.4, -0.2) is 23.8 Å². The van der Waals surface area contributed by atoms with Crippen LogP contribution in [0.5, 0.6) is 0 Å². The molecule has 1 aliphatic carbocycles. The van der Waals surface area contributed by atoms with Crippen molar-refractivity contribution in [2.24, 2.45) is 0 Å². The van der Waals surface area contributed by atoms with Crippen LogP contribution in [0.15, 0.2) is 41.5 Å². The normalized spacial score (nSPS) is 16.9. The number of carbonyl (C=O) groups is 1. The summed E-state index contributed by atoms with van der Waals surface area (Å²) in [5.41, 5.74) is 3.25. The predicted molar refractivity (Wildman–Crippen MR) is 78.5 cm³/mol. The van der Waals surface area contributed by atoms with Crippen molar-refractivity contribution in [2.45, 2.75) is 45.1 Å². The number of aliphatic hydroxyl groups excluding tert-OH is 1. The highest BCUT2D eigenvalue weighted by atomic mass is 16.5. The molecule has 3 heteroatoms. The highest BCUT2D eigenvalue weighted by molar-refractivity contribution is 5.89. The molecule has 20 heavy (non-hydrogen) atoms. The first-order valence-electron chi connectivity index (χ1n) is 7.24. The summed E-state index contributed by atoms with van der Waals surface area (Å²) in [7, 11) is 0. The van der Waals surface area contributed by atoms with Gasteiger partial charge >= 0.3 is 5.97 Å². The molecule has 0 radical (unpaired) electrons. The summed E-state index contributed by atoms with van der Waals surface area (Å²) in [5, 5.41) is 10.0. The van der Waals surface area contributed by atoms with E-state index in [1.54, 1.807) is 24.3 Å². The maximum Gasteiger partial charge on any atom is 0.338 e. The number of hydrogen-bond donors (Lipinski definition) is 1. The Labute approximate surface area is 120 Å². The van der Waals surface area contributed by atoms with Gasteiger partial charge in [0, 0.05) is 0 Å². The highest BCUT2D eigenvalue weighted by Gasteiger charge is 2.15. The molecule has 0 amide bonds. The van der Waals surface area contributed by atoms with Crippen molar-refractivity contribution < 1.29 is 14.6 Å². The summed E-state index contributed by atoms with van der Waals surface area (Å²) in [4.78, 5) is 11.8. The monoisotopic (exact) mass is 274 g/mol. The van der Waals surface area contributed by atoms with Gasteiger partial charge < -0.3 is 9.84 Å². The van der Waals surface area contributed by atoms with E-state index in [0.717, 1.165) is 12.8 Å². The van der Waals surface area contributed by atoms with Gasteiger partial charge in [-0.05, 0) is 51.2 Å². The Morgan fingerprint density at radius 3 is 2.65 bits per heavy atom. The van der Waals surface area contributed by atoms with Crippen LogP contribution in [0.1, 0.15) is 49.4 Å². The molecular weight excluding hydrogens is 252 g/mol. The SMILES string of the molecule is CC1=C(CC(O)COC(=O)c2ccccc2)CCCC1. The van der Waals surface area contributed by atoms with E-state index in [2.05, 4.69) is 6.92 Å². The first-order valence-corrected chi connectivity index (χ1v) is 7.24. The summed E-state index contributed by atoms with van der Waals surface area (Å²) < 4.78 is 5.16. The number of carbonyl (C=O) groups excluding carboxylic acids is 1. The van der Waals surface area contributed by atoms with Crippen molar-refractivity contribution in [3.63, 3.8) is 0 Å². The zero-order valence-corrected chi connectivity index (χ0v) is 12.0. The number of hydrogen-bond acceptors (Lipinski definition) is 3. The third-order valence-corrected chi connectivity index (χ3v) is 3.78. The maximum absolute atomic E-state index is 11.8. The lowest BCUT2D eigenvalue weighted by molar-refractivity contribution is 0.0256. The number of ether oxygens (including phenoxy) is 1. The minimum Gasteiger partial charge on any atom is -0.459 e. The van der Waals surface area contributed by atoms with Crippen molar-refractivity contribution >= 4 is 5.97 Å². The first-order chi connectivity index (χ1) is 9.66. The van der Waals surface area contributed by atoms with Crippen LogP contribution in [0.25, 0.3) is 0 Å². The highest BCUT2D eigenvalue weighted by Crippen LogP contribution is 2.27. The third kappa shape index (κ3) is 4.20. The van der Waals surface area contributed by atoms with Gasteiger partial charge in [-0.2, -0.15) is 0 Å². The lowest BCUT2D eigenvalue weighted by atomic mass is 9.89. The Kier molecular flexibility index (Phi) is 5.36. The fourth-order valence-electron chi connectivity index (χ4n) is 2.57. The Bertz CT molecular complexity index is 476. The molecule has 3 nitrogen and oxygen atoms in total. The van der Waals surface area contributed by atoms with Crippen molar-refractivity contribution in [3.05, 3.63) is 47.0 Å². The van der Waals surface area contributed by atoms with Gasteiger partial charge in [0.25, 0.3) is 0 Å². The average Bonchev–Trinajstić information content (AvgIpc) is 2.48. The minimum absolute atomic E-state index is 0.0600. The van der Waals surface area contributed by atoms with Gasteiger partial charge in [-0.25, -0.2) is 4.79 Å². The van der Waals surface area contributed by atoms with E-state index in [1.807, 2.05) is 6.07 Å². The Balaban J connectivity index is 1.80. The fourth-order valence-corrected chi connectivity index (χ4v) is 2.57. The topological polar surface area (TPSA) is 46.5 Å². The Morgan fingerprint density at radius 2 is 1.95 bits per heavy atom. The van der Waals surface area contributed by atoms with E-state index in [0.29, 0.717) is 12.0 Å². The van der Waals surface area contributed by atoms with Gasteiger partial charge in [0.2, 0.25) is 0 Å². The molecular formula is C17H22O3. The standard InChI is InChI=1S/C17H22O3/c1-13-7-5-6-10-15(13)11-16(18)12-20-17(19)14-8-3-2-4-9-14/h2-4,8-9,16,18H,5-7,10-12H2,1H3. The van der Waals surface area contributed by atoms with Crippen LogP contribution < -0.4 is 0 Å². The Morgan fingerprint density at radius 1 is 1.25 bits per heavy atom. The van der Waals surface area contributed by atoms with Gasteiger partial charge in [0.15, 0.2) is 0 Å². The van der Waals surface area contributed by atoms with E-state index in [4.69, 9.17) is 4.74 Å². The molecule has 1 atom stereocenters. The van der Waals surface area contributed by atoms with E-state index in [9.17, 15) is 9.90 Å². The molecule has 1 N–H and O–H groups in total. The van der Waals surface area contributed by atoms with Crippen LogP contribution in [0.4, 0.5) is 0 Å². The molecule has 1 aromatic carbocycles. The maximum atomic E-state index is 11.8. The lowest BCUT2D eigenvalue weighted by Crippen LogP contribution is -2.20. The fraction of sp³-hybridized carbons (Fsp3) is 0.471. The van der Waals surface area contributed by atoms with Crippen LogP contribution in [0.3, 0.4) is 0 Å². The zero-order chi connectivity index (χ0) is 14.4. The second-order valence-corrected chi connectivity index (χ2v) is 5.41. The third-order valence-electron chi connectivity index (χ3n) is 3.78. The smallest absolute Gasteiger partial charge is 0.338 e. The summed E-state index contributed by atoms with van der Waals surface area (Å²) >= 11 is 0. The second-order valence-electron chi connectivity index (χ2n) is 5.41. The van der Waals surface area contributed by atoms with Crippen LogP contribution in [-0.2, 0) is 4.74 Å². The summed E-state index contributed by atoms with van der Waals surface area (Å²) in [6.07, 6.45) is 4.65. The van der Waals surface area contributed by atoms with Crippen LogP contribution in [0.2, 0.25) is 0 Å². The van der Waals surface area contributed by atoms with E-state index >= 15 is 0 Å². The number of esters is 1. The van der Waals surface area contributed by atoms with Crippen molar-refractivity contribution in [2.75, 3.05) is 6.61 Å². The molecule has 2 rings (SSSR count). The molecule has 0 saturated heterocycles. The first kappa shape index (κ1) is 14.8. The van der Waals surface area contributed by atoms with Crippen molar-refractivity contribution in [3.8, 4) is 0 Å². The van der Waals surface area contributed by atoms with E-state index in [1.165, 1.54) is 24.0 Å². The number of benzene rings is 1. The second kappa shape index (κ2) is 7.25. The van der Waals surface area contributed by atoms with Gasteiger partial charge in [-0.3, -0.25) is 0 Å². The number of aliphatic hydroxyl groups is 1. The molecule has 1 unspecified atom stereocenters. The lowest BCUT2D eigenvalue weighted by Gasteiger charge is -2.20. The molecule has 108 valence electrons. The summed E-state index contributed by atoms with van der Waals surface area (Å²) in [6.45, 7) is 2.20. The van der Waals surface area contributed by atoms with Gasteiger partial charge in [-0.1, -0.05) is 29.3 Å². The summed E-state index contributed by atoms with van der Waals surface area (Å²) in [6, 6.07) is 8.86. The quantitative estimate of drug-likeness (QED) is 0.660. The van der Waals surface area contributed by atoms with Gasteiger partial charge in [-0.15, -0.1) is 0 Å². The molecule has 0 heterocycles. The molecule has 0 saturated carbocycles. The van der Waals surface area contributed by atoms with Gasteiger partial charge in [0.05, 0.1) is 11.7 Å². The van der Waals surface area contributed by atoms with E-state index in [-0.39, 0.29) is 12.6 Å². The van der Waals surface area contributed by atoms with Gasteiger partial charge in [0.1, 0.15) is 6.61 Å². The van der Waals surface area contributed by atoms with Crippen molar-refractivity contribution in [1.29, 1.82) is 0 Å². The van der Waals surface area contributed by atoms with Crippen molar-refractivity contribution in [1.82, 2.24) is 0 Å². The molecule has 0 aromatic heterocycles. The molecule has 1 aliphatic rings. The molecule has 0 fully saturated rings. The molecule has 0 aliphatic heterocycles. The summed E-state index contributed by atoms with van der Waals surface area (Å²) in [5.74, 6) is -0.376. The molecule has 0 spiro atoms. The zero-order valence-electron chi connectivity index (χ0n) is 12.0. The minimum atomic E-state index is -0.606. The van der Waals surface area contributed by atoms with Crippen LogP contribution in [0, 0.1) is 0 Å². The van der Waals surface area contributed by atoms with Crippen LogP contribution >= 0.6 is 0 Å². The Hall–Kier alpha value is -1.61. The van der Waals surface area contributed by atoms with E-state index < -0.39 is 6.10 Å². The molecule has 1 aromatic rings. The average molecular weight is 274 g/mol. The number of allylic oxidation sites excluding steroid dienone is 1. The predicted octanol–water partition coefficient (Wildman–Crippen LogP) is 3.48. The molecule has 0 bridgehead atoms.